The predicted octanol–water partition coefficient (Wildman–Crippen LogP) is 3.38. The van der Waals surface area contributed by atoms with Crippen LogP contribution in [-0.4, -0.2) is 67.9 Å². The number of carbonyl (C=O) groups excluding carboxylic acids is 1. The Bertz CT molecular complexity index is 1250. The molecular formula is C29H39N3O3Se. The molecule has 1 aromatic heterocycles. The van der Waals surface area contributed by atoms with E-state index in [9.17, 15) is 9.59 Å². The Kier molecular flexibility index (Phi) is 6.86. The van der Waals surface area contributed by atoms with Crippen LogP contribution in [0.25, 0.3) is 0 Å². The first-order valence-electron chi connectivity index (χ1n) is 13.2. The van der Waals surface area contributed by atoms with Crippen molar-refractivity contribution in [1.29, 1.82) is 0 Å². The van der Waals surface area contributed by atoms with Crippen molar-refractivity contribution in [3.63, 3.8) is 0 Å². The summed E-state index contributed by atoms with van der Waals surface area (Å²) >= 11 is 0.186. The molecule has 1 aromatic carbocycles. The summed E-state index contributed by atoms with van der Waals surface area (Å²) in [5, 5.41) is 0. The van der Waals surface area contributed by atoms with Crippen LogP contribution in [0.2, 0.25) is 5.82 Å². The van der Waals surface area contributed by atoms with Crippen LogP contribution >= 0.6 is 0 Å². The van der Waals surface area contributed by atoms with E-state index in [2.05, 4.69) is 48.9 Å². The van der Waals surface area contributed by atoms with E-state index in [1.54, 1.807) is 0 Å². The maximum absolute atomic E-state index is 13.7. The number of fused-ring (bicyclic) bond motifs is 2. The zero-order valence-electron chi connectivity index (χ0n) is 22.5. The zero-order valence-corrected chi connectivity index (χ0v) is 24.2. The second kappa shape index (κ2) is 9.66. The summed E-state index contributed by atoms with van der Waals surface area (Å²) in [6.45, 7) is 7.24. The fourth-order valence-corrected chi connectivity index (χ4v) is 8.13. The van der Waals surface area contributed by atoms with E-state index in [1.807, 2.05) is 18.7 Å². The van der Waals surface area contributed by atoms with Gasteiger partial charge in [0.25, 0.3) is 0 Å². The normalized spacial score (nSPS) is 25.6. The third-order valence-electron chi connectivity index (χ3n) is 8.79. The van der Waals surface area contributed by atoms with Gasteiger partial charge in [-0.25, -0.2) is 0 Å². The van der Waals surface area contributed by atoms with Gasteiger partial charge in [0.1, 0.15) is 0 Å². The number of carbonyl (C=O) groups is 1. The Morgan fingerprint density at radius 2 is 1.86 bits per heavy atom. The molecule has 0 unspecified atom stereocenters. The van der Waals surface area contributed by atoms with Crippen molar-refractivity contribution < 1.29 is 9.53 Å². The van der Waals surface area contributed by atoms with Crippen molar-refractivity contribution in [2.75, 3.05) is 20.6 Å². The number of hydrogen-bond acceptors (Lipinski definition) is 4. The number of hydrogen-bond donors (Lipinski definition) is 1. The van der Waals surface area contributed by atoms with E-state index in [1.165, 1.54) is 31.2 Å². The van der Waals surface area contributed by atoms with E-state index in [-0.39, 0.29) is 32.0 Å². The summed E-state index contributed by atoms with van der Waals surface area (Å²) in [7, 11) is 4.36. The van der Waals surface area contributed by atoms with E-state index in [4.69, 9.17) is 4.74 Å². The average Bonchev–Trinajstić information content (AvgIpc) is 3.19. The van der Waals surface area contributed by atoms with Gasteiger partial charge >= 0.3 is 183 Å². The molecule has 1 amide bonds. The standard InChI is InChI=1S/C29H39N3O3Se/c1-17-13-24(36-6)23(27(33)30-17)16-32-12-11-19-14-20-15-29(3,21-7-9-22(10-8-21)31(4)5)35-26(20)18(2)25(19)28(32)34/h13-14,21-22H,7-12,15-16H2,1-6H3,(H,30,33)/t21?,22?,29-/m1/s1. The number of aromatic nitrogens is 1. The molecule has 0 spiro atoms. The summed E-state index contributed by atoms with van der Waals surface area (Å²) in [6, 6.07) is 4.96. The Hall–Kier alpha value is -2.08. The molecule has 0 radical (unpaired) electrons. The number of amides is 1. The second-order valence-electron chi connectivity index (χ2n) is 11.4. The van der Waals surface area contributed by atoms with Gasteiger partial charge in [-0.15, -0.1) is 0 Å². The average molecular weight is 557 g/mol. The number of aromatic amines is 1. The molecule has 3 aliphatic rings. The number of benzene rings is 1. The van der Waals surface area contributed by atoms with Gasteiger partial charge in [0.2, 0.25) is 0 Å². The molecule has 3 heterocycles. The van der Waals surface area contributed by atoms with Gasteiger partial charge in [-0.1, -0.05) is 0 Å². The summed E-state index contributed by atoms with van der Waals surface area (Å²) < 4.78 is 7.84. The number of pyridine rings is 1. The van der Waals surface area contributed by atoms with E-state index < -0.39 is 0 Å². The van der Waals surface area contributed by atoms with E-state index in [0.29, 0.717) is 25.0 Å². The second-order valence-corrected chi connectivity index (χ2v) is 13.2. The molecule has 1 atom stereocenters. The van der Waals surface area contributed by atoms with Crippen LogP contribution in [0.4, 0.5) is 0 Å². The Morgan fingerprint density at radius 1 is 1.14 bits per heavy atom. The molecule has 0 saturated heterocycles. The molecule has 7 heteroatoms. The third kappa shape index (κ3) is 4.44. The van der Waals surface area contributed by atoms with Crippen LogP contribution in [0, 0.1) is 19.8 Å². The van der Waals surface area contributed by atoms with Gasteiger partial charge in [-0.05, 0) is 26.9 Å². The van der Waals surface area contributed by atoms with Gasteiger partial charge < -0.3 is 4.90 Å². The number of nitrogens with one attached hydrogen (secondary N) is 1. The van der Waals surface area contributed by atoms with Crippen molar-refractivity contribution in [3.8, 4) is 5.75 Å². The first-order valence-corrected chi connectivity index (χ1v) is 15.7. The summed E-state index contributed by atoms with van der Waals surface area (Å²) in [6.07, 6.45) is 6.54. The molecular weight excluding hydrogens is 517 g/mol. The first kappa shape index (κ1) is 25.6. The fraction of sp³-hybridized carbons (Fsp3) is 0.586. The summed E-state index contributed by atoms with van der Waals surface area (Å²) in [5.74, 6) is 3.60. The monoisotopic (exact) mass is 557 g/mol. The van der Waals surface area contributed by atoms with Crippen molar-refractivity contribution in [1.82, 2.24) is 14.8 Å². The molecule has 194 valence electrons. The van der Waals surface area contributed by atoms with Gasteiger partial charge in [0.15, 0.2) is 0 Å². The molecule has 0 bridgehead atoms. The Morgan fingerprint density at radius 3 is 2.53 bits per heavy atom. The van der Waals surface area contributed by atoms with Crippen LogP contribution in [0.1, 0.15) is 70.9 Å². The first-order chi connectivity index (χ1) is 17.1. The van der Waals surface area contributed by atoms with Gasteiger partial charge in [0.05, 0.1) is 0 Å². The molecule has 5 rings (SSSR count). The maximum atomic E-state index is 13.7. The third-order valence-corrected chi connectivity index (χ3v) is 10.5. The summed E-state index contributed by atoms with van der Waals surface area (Å²) in [5.41, 5.74) is 5.49. The van der Waals surface area contributed by atoms with Crippen LogP contribution in [0.15, 0.2) is 16.9 Å². The molecule has 2 aromatic rings. The number of H-pyrrole nitrogens is 1. The van der Waals surface area contributed by atoms with Crippen molar-refractivity contribution in [3.05, 3.63) is 56.0 Å². The van der Waals surface area contributed by atoms with E-state index >= 15 is 0 Å². The fourth-order valence-electron chi connectivity index (χ4n) is 6.66. The SMILES string of the molecule is C[Se]c1cc(C)[nH]c(=O)c1CN1CCc2cc3c(c(C)c2C1=O)O[C@@](C)(C1CCC(N(C)C)CC1)C3. The quantitative estimate of drug-likeness (QED) is 0.574. The number of ether oxygens (including phenoxy) is 1. The number of nitrogens with zero attached hydrogens (tertiary/aromatic N) is 2. The topological polar surface area (TPSA) is 65.6 Å². The Balaban J connectivity index is 1.39. The van der Waals surface area contributed by atoms with Gasteiger partial charge in [-0.3, -0.25) is 0 Å². The van der Waals surface area contributed by atoms with Crippen molar-refractivity contribution in [2.24, 2.45) is 5.92 Å². The molecule has 2 aliphatic heterocycles. The molecule has 1 N–H and O–H groups in total. The van der Waals surface area contributed by atoms with E-state index in [0.717, 1.165) is 51.0 Å². The van der Waals surface area contributed by atoms with Crippen molar-refractivity contribution >= 4 is 25.3 Å². The molecule has 36 heavy (non-hydrogen) atoms. The number of rotatable bonds is 5. The zero-order chi connectivity index (χ0) is 25.8. The summed E-state index contributed by atoms with van der Waals surface area (Å²) in [4.78, 5) is 33.6. The predicted molar refractivity (Wildman–Crippen MR) is 145 cm³/mol. The molecule has 1 fully saturated rings. The molecule has 1 saturated carbocycles. The molecule has 1 aliphatic carbocycles. The van der Waals surface area contributed by atoms with Gasteiger partial charge in [-0.2, -0.15) is 0 Å². The minimum atomic E-state index is -0.204. The number of aryl methyl sites for hydroxylation is 1. The van der Waals surface area contributed by atoms with Crippen LogP contribution in [-0.2, 0) is 19.4 Å². The van der Waals surface area contributed by atoms with Crippen LogP contribution in [0.5, 0.6) is 5.75 Å². The van der Waals surface area contributed by atoms with Crippen LogP contribution in [0.3, 0.4) is 0 Å². The molecule has 6 nitrogen and oxygen atoms in total. The van der Waals surface area contributed by atoms with Crippen molar-refractivity contribution in [2.45, 2.75) is 83.3 Å². The minimum absolute atomic E-state index is 0.0229. The Labute approximate surface area is 220 Å². The van der Waals surface area contributed by atoms with Crippen LogP contribution < -0.4 is 14.8 Å². The van der Waals surface area contributed by atoms with Gasteiger partial charge in [0, 0.05) is 6.04 Å².